The van der Waals surface area contributed by atoms with Gasteiger partial charge in [-0.3, -0.25) is 0 Å². The molecule has 0 amide bonds. The van der Waals surface area contributed by atoms with Gasteiger partial charge in [-0.05, 0) is 50.4 Å². The second-order valence-electron chi connectivity index (χ2n) is 6.10. The third-order valence-corrected chi connectivity index (χ3v) is 5.32. The van der Waals surface area contributed by atoms with Crippen molar-refractivity contribution in [3.63, 3.8) is 0 Å². The molecule has 0 radical (unpaired) electrons. The number of hydrogen-bond acceptors (Lipinski definition) is 4. The molecule has 1 aliphatic rings. The summed E-state index contributed by atoms with van der Waals surface area (Å²) in [5.41, 5.74) is 3.09. The van der Waals surface area contributed by atoms with Gasteiger partial charge in [0.2, 0.25) is 0 Å². The smallest absolute Gasteiger partial charge is 0.0959 e. The molecule has 2 heterocycles. The fourth-order valence-corrected chi connectivity index (χ4v) is 3.48. The van der Waals surface area contributed by atoms with E-state index in [4.69, 9.17) is 0 Å². The maximum atomic E-state index is 10.4. The molecule has 0 aliphatic carbocycles. The van der Waals surface area contributed by atoms with Crippen LogP contribution in [0.4, 0.5) is 0 Å². The zero-order valence-electron chi connectivity index (χ0n) is 12.7. The molecule has 0 saturated carbocycles. The van der Waals surface area contributed by atoms with Crippen molar-refractivity contribution >= 4 is 27.0 Å². The summed E-state index contributed by atoms with van der Waals surface area (Å²) in [6.07, 6.45) is 3.27. The number of nitrogens with zero attached hydrogens (tertiary/aromatic N) is 2. The van der Waals surface area contributed by atoms with Crippen molar-refractivity contribution in [3.05, 3.63) is 28.5 Å². The third-order valence-electron chi connectivity index (χ3n) is 4.46. The summed E-state index contributed by atoms with van der Waals surface area (Å²) < 4.78 is 3.02. The van der Waals surface area contributed by atoms with Crippen LogP contribution < -0.4 is 5.32 Å². The number of aromatic nitrogens is 2. The third kappa shape index (κ3) is 3.20. The molecule has 1 aromatic carbocycles. The van der Waals surface area contributed by atoms with Gasteiger partial charge in [-0.25, -0.2) is 4.98 Å². The number of fused-ring (bicyclic) bond motifs is 1. The first-order chi connectivity index (χ1) is 10.6. The van der Waals surface area contributed by atoms with Crippen LogP contribution in [0.3, 0.4) is 0 Å². The van der Waals surface area contributed by atoms with Crippen LogP contribution in [0.15, 0.2) is 22.9 Å². The summed E-state index contributed by atoms with van der Waals surface area (Å²) >= 11 is 3.51. The minimum absolute atomic E-state index is 0.0191. The van der Waals surface area contributed by atoms with E-state index in [1.165, 1.54) is 0 Å². The molecule has 0 spiro atoms. The molecule has 2 aromatic rings. The predicted octanol–water partition coefficient (Wildman–Crippen LogP) is 1.97. The van der Waals surface area contributed by atoms with Gasteiger partial charge in [-0.15, -0.1) is 0 Å². The lowest BCUT2D eigenvalue weighted by molar-refractivity contribution is 0.0547. The van der Waals surface area contributed by atoms with Gasteiger partial charge in [0.05, 0.1) is 36.1 Å². The number of halogens is 1. The van der Waals surface area contributed by atoms with Crippen molar-refractivity contribution in [2.75, 3.05) is 6.54 Å². The Morgan fingerprint density at radius 1 is 1.50 bits per heavy atom. The van der Waals surface area contributed by atoms with E-state index in [0.717, 1.165) is 40.5 Å². The molecule has 1 aliphatic heterocycles. The standard InChI is InChI=1S/C16H22BrN3O2/c1-10-12(17)4-5-14-16(10)19-9-20(14)8-11(21)7-13-15(22)3-2-6-18-13/h4-5,9,11,13,15,18,21-22H,2-3,6-8H2,1H3/t11?,13-,15+/m1/s1. The van der Waals surface area contributed by atoms with Gasteiger partial charge < -0.3 is 20.1 Å². The number of aliphatic hydroxyl groups is 2. The van der Waals surface area contributed by atoms with Gasteiger partial charge in [0.15, 0.2) is 0 Å². The highest BCUT2D eigenvalue weighted by Crippen LogP contribution is 2.25. The van der Waals surface area contributed by atoms with Crippen molar-refractivity contribution in [2.24, 2.45) is 0 Å². The molecule has 6 heteroatoms. The van der Waals surface area contributed by atoms with Crippen molar-refractivity contribution in [1.29, 1.82) is 0 Å². The molecule has 1 fully saturated rings. The average Bonchev–Trinajstić information content (AvgIpc) is 2.89. The van der Waals surface area contributed by atoms with Gasteiger partial charge in [0.1, 0.15) is 0 Å². The van der Waals surface area contributed by atoms with Crippen LogP contribution in [0.1, 0.15) is 24.8 Å². The second kappa shape index (κ2) is 6.66. The zero-order chi connectivity index (χ0) is 15.7. The first-order valence-electron chi connectivity index (χ1n) is 7.75. The number of benzene rings is 1. The molecule has 5 nitrogen and oxygen atoms in total. The second-order valence-corrected chi connectivity index (χ2v) is 6.95. The molecule has 1 unspecified atom stereocenters. The Kier molecular flexibility index (Phi) is 4.82. The topological polar surface area (TPSA) is 70.3 Å². The maximum absolute atomic E-state index is 10.4. The SMILES string of the molecule is Cc1c(Br)ccc2c1ncn2CC(O)C[C@H]1NCCC[C@@H]1O. The van der Waals surface area contributed by atoms with E-state index in [2.05, 4.69) is 26.2 Å². The van der Waals surface area contributed by atoms with Gasteiger partial charge in [-0.2, -0.15) is 0 Å². The van der Waals surface area contributed by atoms with Gasteiger partial charge in [-0.1, -0.05) is 15.9 Å². The van der Waals surface area contributed by atoms with Crippen molar-refractivity contribution in [3.8, 4) is 0 Å². The lowest BCUT2D eigenvalue weighted by Crippen LogP contribution is -2.46. The van der Waals surface area contributed by atoms with Crippen LogP contribution in [-0.2, 0) is 6.54 Å². The normalized spacial score (nSPS) is 23.8. The summed E-state index contributed by atoms with van der Waals surface area (Å²) in [5, 5.41) is 23.6. The molecule has 3 atom stereocenters. The summed E-state index contributed by atoms with van der Waals surface area (Å²) in [6, 6.07) is 4.00. The molecule has 1 aromatic heterocycles. The molecule has 120 valence electrons. The van der Waals surface area contributed by atoms with Crippen molar-refractivity contribution in [2.45, 2.75) is 51.0 Å². The largest absolute Gasteiger partial charge is 0.392 e. The maximum Gasteiger partial charge on any atom is 0.0959 e. The van der Waals surface area contributed by atoms with Crippen LogP contribution in [0.5, 0.6) is 0 Å². The number of piperidine rings is 1. The van der Waals surface area contributed by atoms with Gasteiger partial charge >= 0.3 is 0 Å². The fraction of sp³-hybridized carbons (Fsp3) is 0.562. The lowest BCUT2D eigenvalue weighted by Gasteiger charge is -2.30. The Balaban J connectivity index is 1.71. The number of aryl methyl sites for hydroxylation is 1. The molecular weight excluding hydrogens is 346 g/mol. The van der Waals surface area contributed by atoms with Crippen LogP contribution in [0.25, 0.3) is 11.0 Å². The Morgan fingerprint density at radius 2 is 2.32 bits per heavy atom. The number of imidazole rings is 1. The highest BCUT2D eigenvalue weighted by atomic mass is 79.9. The van der Waals surface area contributed by atoms with Crippen molar-refractivity contribution in [1.82, 2.24) is 14.9 Å². The van der Waals surface area contributed by atoms with Crippen LogP contribution in [-0.4, -0.2) is 44.6 Å². The first-order valence-corrected chi connectivity index (χ1v) is 8.55. The van der Waals surface area contributed by atoms with E-state index in [-0.39, 0.29) is 12.1 Å². The van der Waals surface area contributed by atoms with E-state index >= 15 is 0 Å². The highest BCUT2D eigenvalue weighted by molar-refractivity contribution is 9.10. The number of nitrogens with one attached hydrogen (secondary N) is 1. The van der Waals surface area contributed by atoms with E-state index in [1.807, 2.05) is 23.6 Å². The molecule has 22 heavy (non-hydrogen) atoms. The lowest BCUT2D eigenvalue weighted by atomic mass is 9.96. The minimum Gasteiger partial charge on any atom is -0.392 e. The highest BCUT2D eigenvalue weighted by Gasteiger charge is 2.25. The molecular formula is C16H22BrN3O2. The summed E-state index contributed by atoms with van der Waals surface area (Å²) in [4.78, 5) is 4.45. The Labute approximate surface area is 138 Å². The zero-order valence-corrected chi connectivity index (χ0v) is 14.3. The van der Waals surface area contributed by atoms with E-state index in [1.54, 1.807) is 6.33 Å². The van der Waals surface area contributed by atoms with Crippen molar-refractivity contribution < 1.29 is 10.2 Å². The molecule has 3 rings (SSSR count). The quantitative estimate of drug-likeness (QED) is 0.772. The Hall–Kier alpha value is -0.950. The predicted molar refractivity (Wildman–Crippen MR) is 89.8 cm³/mol. The van der Waals surface area contributed by atoms with Gasteiger partial charge in [0.25, 0.3) is 0 Å². The summed E-state index contributed by atoms with van der Waals surface area (Å²) in [5.74, 6) is 0. The monoisotopic (exact) mass is 367 g/mol. The van der Waals surface area contributed by atoms with E-state index < -0.39 is 6.10 Å². The Morgan fingerprint density at radius 3 is 3.09 bits per heavy atom. The first kappa shape index (κ1) is 15.9. The molecule has 0 bridgehead atoms. The fourth-order valence-electron chi connectivity index (χ4n) is 3.16. The van der Waals surface area contributed by atoms with Crippen LogP contribution in [0.2, 0.25) is 0 Å². The molecule has 1 saturated heterocycles. The number of hydrogen-bond donors (Lipinski definition) is 3. The summed E-state index contributed by atoms with van der Waals surface area (Å²) in [6.45, 7) is 3.43. The molecule has 3 N–H and O–H groups in total. The Bertz CT molecular complexity index is 658. The number of aliphatic hydroxyl groups excluding tert-OH is 2. The summed E-state index contributed by atoms with van der Waals surface area (Å²) in [7, 11) is 0. The van der Waals surface area contributed by atoms with Crippen LogP contribution >= 0.6 is 15.9 Å². The average molecular weight is 368 g/mol. The van der Waals surface area contributed by atoms with Gasteiger partial charge in [0, 0.05) is 10.5 Å². The number of rotatable bonds is 4. The minimum atomic E-state index is -0.508. The van der Waals surface area contributed by atoms with E-state index in [9.17, 15) is 10.2 Å². The van der Waals surface area contributed by atoms with E-state index in [0.29, 0.717) is 13.0 Å². The van der Waals surface area contributed by atoms with Crippen LogP contribution in [0, 0.1) is 6.92 Å².